The van der Waals surface area contributed by atoms with Crippen molar-refractivity contribution in [3.8, 4) is 0 Å². The van der Waals surface area contributed by atoms with Gasteiger partial charge >= 0.3 is 0 Å². The number of amides is 1. The quantitative estimate of drug-likeness (QED) is 0.731. The van der Waals surface area contributed by atoms with Gasteiger partial charge in [-0.15, -0.1) is 0 Å². The first-order valence-corrected chi connectivity index (χ1v) is 8.92. The van der Waals surface area contributed by atoms with Crippen molar-refractivity contribution >= 4 is 23.2 Å². The van der Waals surface area contributed by atoms with Gasteiger partial charge in [-0.3, -0.25) is 9.69 Å². The third-order valence-electron chi connectivity index (χ3n) is 4.20. The van der Waals surface area contributed by atoms with E-state index in [1.165, 1.54) is 18.2 Å². The normalized spacial score (nSPS) is 12.4. The number of aliphatic hydroxyl groups excluding tert-OH is 1. The third-order valence-corrected chi connectivity index (χ3v) is 4.44. The predicted molar refractivity (Wildman–Crippen MR) is 103 cm³/mol. The highest BCUT2D eigenvalue weighted by molar-refractivity contribution is 6.30. The minimum Gasteiger partial charge on any atom is -0.395 e. The Bertz CT molecular complexity index is 725. The Labute approximate surface area is 158 Å². The molecule has 0 heterocycles. The van der Waals surface area contributed by atoms with Crippen molar-refractivity contribution in [2.24, 2.45) is 5.92 Å². The van der Waals surface area contributed by atoms with Crippen LogP contribution in [0.25, 0.3) is 0 Å². The van der Waals surface area contributed by atoms with Crippen LogP contribution in [0.2, 0.25) is 5.02 Å². The molecule has 0 aliphatic carbocycles. The monoisotopic (exact) mass is 378 g/mol. The molecular weight excluding hydrogens is 355 g/mol. The molecule has 2 N–H and O–H groups in total. The number of carbonyl (C=O) groups excluding carboxylic acids is 1. The maximum absolute atomic E-state index is 13.8. The van der Waals surface area contributed by atoms with Crippen LogP contribution in [0.4, 0.5) is 10.1 Å². The van der Waals surface area contributed by atoms with Crippen molar-refractivity contribution in [1.29, 1.82) is 0 Å². The minimum atomic E-state index is -0.542. The summed E-state index contributed by atoms with van der Waals surface area (Å²) in [6, 6.07) is 13.5. The number of nitrogens with zero attached hydrogens (tertiary/aromatic N) is 1. The van der Waals surface area contributed by atoms with E-state index in [1.54, 1.807) is 0 Å². The van der Waals surface area contributed by atoms with Crippen molar-refractivity contribution in [1.82, 2.24) is 4.90 Å². The van der Waals surface area contributed by atoms with E-state index < -0.39 is 5.82 Å². The van der Waals surface area contributed by atoms with Crippen LogP contribution in [0.5, 0.6) is 0 Å². The first-order valence-electron chi connectivity index (χ1n) is 8.54. The summed E-state index contributed by atoms with van der Waals surface area (Å²) >= 11 is 5.87. The molecule has 0 aromatic heterocycles. The van der Waals surface area contributed by atoms with E-state index >= 15 is 0 Å². The van der Waals surface area contributed by atoms with Crippen LogP contribution < -0.4 is 5.32 Å². The van der Waals surface area contributed by atoms with Gasteiger partial charge in [0.15, 0.2) is 0 Å². The molecule has 6 heteroatoms. The fourth-order valence-electron chi connectivity index (χ4n) is 2.82. The first kappa shape index (κ1) is 20.4. The van der Waals surface area contributed by atoms with E-state index in [9.17, 15) is 14.3 Å². The lowest BCUT2D eigenvalue weighted by molar-refractivity contribution is -0.118. The highest BCUT2D eigenvalue weighted by Gasteiger charge is 2.24. The van der Waals surface area contributed by atoms with Crippen LogP contribution in [0, 0.1) is 11.7 Å². The maximum atomic E-state index is 13.8. The topological polar surface area (TPSA) is 52.6 Å². The van der Waals surface area contributed by atoms with Crippen LogP contribution in [0.3, 0.4) is 0 Å². The summed E-state index contributed by atoms with van der Waals surface area (Å²) < 4.78 is 13.8. The minimum absolute atomic E-state index is 0.0320. The molecule has 1 atom stereocenters. The van der Waals surface area contributed by atoms with Crippen LogP contribution in [0.1, 0.15) is 19.4 Å². The van der Waals surface area contributed by atoms with Crippen LogP contribution in [0.15, 0.2) is 48.5 Å². The zero-order valence-electron chi connectivity index (χ0n) is 15.0. The lowest BCUT2D eigenvalue weighted by Crippen LogP contribution is -2.45. The van der Waals surface area contributed by atoms with Gasteiger partial charge in [0.05, 0.1) is 18.8 Å². The van der Waals surface area contributed by atoms with Gasteiger partial charge in [0.25, 0.3) is 0 Å². The van der Waals surface area contributed by atoms with Gasteiger partial charge in [-0.05, 0) is 29.7 Å². The van der Waals surface area contributed by atoms with E-state index in [4.69, 9.17) is 11.6 Å². The Kier molecular flexibility index (Phi) is 7.57. The number of anilines is 1. The number of hydrogen-bond acceptors (Lipinski definition) is 3. The second kappa shape index (κ2) is 9.67. The van der Waals surface area contributed by atoms with E-state index in [-0.39, 0.29) is 36.7 Å². The Morgan fingerprint density at radius 2 is 1.92 bits per heavy atom. The second-order valence-corrected chi connectivity index (χ2v) is 6.99. The molecule has 4 nitrogen and oxygen atoms in total. The Hall–Kier alpha value is -1.95. The maximum Gasteiger partial charge on any atom is 0.238 e. The van der Waals surface area contributed by atoms with Gasteiger partial charge in [0.1, 0.15) is 5.82 Å². The molecule has 140 valence electrons. The molecule has 2 aromatic carbocycles. The summed E-state index contributed by atoms with van der Waals surface area (Å²) in [4.78, 5) is 14.4. The van der Waals surface area contributed by atoms with Crippen molar-refractivity contribution in [2.75, 3.05) is 18.5 Å². The highest BCUT2D eigenvalue weighted by Crippen LogP contribution is 2.20. The molecule has 0 spiro atoms. The Morgan fingerprint density at radius 3 is 2.54 bits per heavy atom. The number of carbonyl (C=O) groups is 1. The molecule has 0 saturated heterocycles. The molecule has 2 rings (SSSR count). The molecule has 0 radical (unpaired) electrons. The molecule has 0 fully saturated rings. The number of hydrogen-bond donors (Lipinski definition) is 2. The Balaban J connectivity index is 2.14. The van der Waals surface area contributed by atoms with E-state index in [0.29, 0.717) is 11.6 Å². The number of halogens is 2. The van der Waals surface area contributed by atoms with Gasteiger partial charge < -0.3 is 10.4 Å². The van der Waals surface area contributed by atoms with Crippen molar-refractivity contribution in [2.45, 2.75) is 26.4 Å². The first-order chi connectivity index (χ1) is 12.4. The molecule has 0 bridgehead atoms. The lowest BCUT2D eigenvalue weighted by atomic mass is 10.0. The standard InChI is InChI=1S/C20H24ClFN2O2/c1-14(2)19(13-25)24(11-15-6-4-3-5-7-15)12-20(26)23-18-10-16(21)8-9-17(18)22/h3-10,14,19,25H,11-13H2,1-2H3,(H,23,26). The van der Waals surface area contributed by atoms with Crippen LogP contribution in [-0.2, 0) is 11.3 Å². The highest BCUT2D eigenvalue weighted by atomic mass is 35.5. The molecule has 0 aliphatic heterocycles. The average Bonchev–Trinajstić information content (AvgIpc) is 2.59. The largest absolute Gasteiger partial charge is 0.395 e. The molecule has 0 aliphatic rings. The molecule has 1 unspecified atom stereocenters. The number of nitrogens with one attached hydrogen (secondary N) is 1. The number of aliphatic hydroxyl groups is 1. The van der Waals surface area contributed by atoms with Gasteiger partial charge in [0.2, 0.25) is 5.91 Å². The van der Waals surface area contributed by atoms with Crippen molar-refractivity contribution < 1.29 is 14.3 Å². The SMILES string of the molecule is CC(C)C(CO)N(CC(=O)Nc1cc(Cl)ccc1F)Cc1ccccc1. The van der Waals surface area contributed by atoms with E-state index in [1.807, 2.05) is 49.1 Å². The van der Waals surface area contributed by atoms with Gasteiger partial charge in [-0.1, -0.05) is 55.8 Å². The van der Waals surface area contributed by atoms with E-state index in [2.05, 4.69) is 5.32 Å². The molecule has 1 amide bonds. The summed E-state index contributed by atoms with van der Waals surface area (Å²) in [7, 11) is 0. The molecule has 2 aromatic rings. The van der Waals surface area contributed by atoms with Crippen LogP contribution >= 0.6 is 11.6 Å². The second-order valence-electron chi connectivity index (χ2n) is 6.56. The lowest BCUT2D eigenvalue weighted by Gasteiger charge is -2.32. The fourth-order valence-corrected chi connectivity index (χ4v) is 3.00. The van der Waals surface area contributed by atoms with Crippen LogP contribution in [-0.4, -0.2) is 35.1 Å². The van der Waals surface area contributed by atoms with Gasteiger partial charge in [0, 0.05) is 17.6 Å². The number of benzene rings is 2. The Morgan fingerprint density at radius 1 is 1.23 bits per heavy atom. The average molecular weight is 379 g/mol. The third kappa shape index (κ3) is 5.80. The summed E-state index contributed by atoms with van der Waals surface area (Å²) in [5.74, 6) is -0.749. The zero-order chi connectivity index (χ0) is 19.1. The van der Waals surface area contributed by atoms with Crippen molar-refractivity contribution in [3.63, 3.8) is 0 Å². The van der Waals surface area contributed by atoms with Gasteiger partial charge in [-0.25, -0.2) is 4.39 Å². The van der Waals surface area contributed by atoms with Crippen molar-refractivity contribution in [3.05, 3.63) is 64.9 Å². The summed E-state index contributed by atoms with van der Waals surface area (Å²) in [5.41, 5.74) is 1.08. The molecule has 26 heavy (non-hydrogen) atoms. The van der Waals surface area contributed by atoms with Gasteiger partial charge in [-0.2, -0.15) is 0 Å². The predicted octanol–water partition coefficient (Wildman–Crippen LogP) is 3.94. The molecule has 0 saturated carbocycles. The zero-order valence-corrected chi connectivity index (χ0v) is 15.7. The summed E-state index contributed by atoms with van der Waals surface area (Å²) in [5, 5.41) is 12.7. The summed E-state index contributed by atoms with van der Waals surface area (Å²) in [6.45, 7) is 4.46. The number of rotatable bonds is 8. The smallest absolute Gasteiger partial charge is 0.238 e. The fraction of sp³-hybridized carbons (Fsp3) is 0.350. The molecular formula is C20H24ClFN2O2. The van der Waals surface area contributed by atoms with E-state index in [0.717, 1.165) is 5.56 Å². The summed E-state index contributed by atoms with van der Waals surface area (Å²) in [6.07, 6.45) is 0.